The number of aryl methyl sites for hydroxylation is 1. The zero-order chi connectivity index (χ0) is 13.1. The third kappa shape index (κ3) is 3.52. The minimum Gasteiger partial charge on any atom is -0.332 e. The van der Waals surface area contributed by atoms with Crippen LogP contribution in [0.25, 0.3) is 0 Å². The van der Waals surface area contributed by atoms with E-state index in [1.165, 1.54) is 11.3 Å². The minimum absolute atomic E-state index is 0.421. The normalized spacial score (nSPS) is 10.2. The molecule has 0 saturated heterocycles. The summed E-state index contributed by atoms with van der Waals surface area (Å²) in [7, 11) is 0. The van der Waals surface area contributed by atoms with Crippen LogP contribution in [-0.2, 0) is 0 Å². The van der Waals surface area contributed by atoms with Gasteiger partial charge in [0.2, 0.25) is 5.13 Å². The Balaban J connectivity index is 2.00. The van der Waals surface area contributed by atoms with Crippen LogP contribution < -0.4 is 10.6 Å². The lowest BCUT2D eigenvalue weighted by molar-refractivity contribution is 1.05. The van der Waals surface area contributed by atoms with E-state index in [2.05, 4.69) is 20.8 Å². The van der Waals surface area contributed by atoms with Gasteiger partial charge in [-0.05, 0) is 37.3 Å². The van der Waals surface area contributed by atoms with Crippen molar-refractivity contribution >= 4 is 62.7 Å². The molecule has 0 aliphatic carbocycles. The number of nitrogens with one attached hydrogen (secondary N) is 2. The number of aromatic nitrogens is 2. The van der Waals surface area contributed by atoms with Crippen LogP contribution in [-0.4, -0.2) is 15.3 Å². The van der Waals surface area contributed by atoms with Crippen LogP contribution in [0.4, 0.5) is 10.8 Å². The standard InChI is InChI=1S/C10H8Cl2N4S2/c1-5-15-16-10(18-5)14-9(17)13-6-2-3-7(11)8(12)4-6/h2-4H,1H3,(H2,13,14,16,17). The lowest BCUT2D eigenvalue weighted by atomic mass is 10.3. The molecule has 0 atom stereocenters. The molecule has 0 fully saturated rings. The second-order valence-electron chi connectivity index (χ2n) is 3.33. The monoisotopic (exact) mass is 318 g/mol. The maximum atomic E-state index is 5.90. The summed E-state index contributed by atoms with van der Waals surface area (Å²) < 4.78 is 0. The van der Waals surface area contributed by atoms with Crippen LogP contribution in [0.2, 0.25) is 10.0 Å². The van der Waals surface area contributed by atoms with Gasteiger partial charge in [0, 0.05) is 5.69 Å². The molecule has 1 aromatic carbocycles. The Hall–Kier alpha value is -0.950. The fraction of sp³-hybridized carbons (Fsp3) is 0.100. The molecular weight excluding hydrogens is 311 g/mol. The maximum absolute atomic E-state index is 5.90. The first-order valence-corrected chi connectivity index (χ1v) is 6.86. The van der Waals surface area contributed by atoms with E-state index in [0.717, 1.165) is 10.7 Å². The van der Waals surface area contributed by atoms with Gasteiger partial charge in [-0.1, -0.05) is 34.5 Å². The van der Waals surface area contributed by atoms with Gasteiger partial charge < -0.3 is 10.6 Å². The van der Waals surface area contributed by atoms with E-state index >= 15 is 0 Å². The number of benzene rings is 1. The summed E-state index contributed by atoms with van der Waals surface area (Å²) in [5.41, 5.74) is 0.753. The lowest BCUT2D eigenvalue weighted by Crippen LogP contribution is -2.18. The number of nitrogens with zero attached hydrogens (tertiary/aromatic N) is 2. The van der Waals surface area contributed by atoms with Gasteiger partial charge in [0.15, 0.2) is 5.11 Å². The molecule has 94 valence electrons. The summed E-state index contributed by atoms with van der Waals surface area (Å²) in [6.07, 6.45) is 0. The third-order valence-corrected chi connectivity index (χ3v) is 3.62. The van der Waals surface area contributed by atoms with Crippen molar-refractivity contribution in [1.29, 1.82) is 0 Å². The molecule has 8 heteroatoms. The number of thiocarbonyl (C=S) groups is 1. The fourth-order valence-electron chi connectivity index (χ4n) is 1.18. The van der Waals surface area contributed by atoms with Gasteiger partial charge in [-0.2, -0.15) is 0 Å². The smallest absolute Gasteiger partial charge is 0.211 e. The van der Waals surface area contributed by atoms with Crippen molar-refractivity contribution < 1.29 is 0 Å². The highest BCUT2D eigenvalue weighted by Gasteiger charge is 2.04. The molecule has 0 aliphatic heterocycles. The van der Waals surface area contributed by atoms with Crippen molar-refractivity contribution in [3.8, 4) is 0 Å². The molecule has 0 bridgehead atoms. The van der Waals surface area contributed by atoms with Gasteiger partial charge >= 0.3 is 0 Å². The number of hydrogen-bond acceptors (Lipinski definition) is 4. The fourth-order valence-corrected chi connectivity index (χ4v) is 2.35. The number of rotatable bonds is 2. The van der Waals surface area contributed by atoms with Crippen LogP contribution in [0.3, 0.4) is 0 Å². The number of anilines is 2. The van der Waals surface area contributed by atoms with E-state index in [0.29, 0.717) is 20.3 Å². The van der Waals surface area contributed by atoms with Crippen LogP contribution in [0.5, 0.6) is 0 Å². The summed E-state index contributed by atoms with van der Waals surface area (Å²) in [6.45, 7) is 1.87. The molecule has 0 spiro atoms. The van der Waals surface area contributed by atoms with Crippen LogP contribution >= 0.6 is 46.8 Å². The number of hydrogen-bond donors (Lipinski definition) is 2. The van der Waals surface area contributed by atoms with Crippen molar-refractivity contribution in [2.24, 2.45) is 0 Å². The largest absolute Gasteiger partial charge is 0.332 e. The molecule has 0 unspecified atom stereocenters. The van der Waals surface area contributed by atoms with Gasteiger partial charge in [0.1, 0.15) is 5.01 Å². The SMILES string of the molecule is Cc1nnc(NC(=S)Nc2ccc(Cl)c(Cl)c2)s1. The topological polar surface area (TPSA) is 49.8 Å². The molecule has 2 rings (SSSR count). The number of halogens is 2. The molecule has 1 heterocycles. The first-order chi connectivity index (χ1) is 8.54. The average molecular weight is 319 g/mol. The zero-order valence-electron chi connectivity index (χ0n) is 9.20. The molecule has 1 aromatic heterocycles. The van der Waals surface area contributed by atoms with Crippen LogP contribution in [0, 0.1) is 6.92 Å². The Morgan fingerprint density at radius 1 is 1.22 bits per heavy atom. The maximum Gasteiger partial charge on any atom is 0.211 e. The molecule has 0 radical (unpaired) electrons. The summed E-state index contributed by atoms with van der Waals surface area (Å²) >= 11 is 18.3. The van der Waals surface area contributed by atoms with Crippen LogP contribution in [0.15, 0.2) is 18.2 Å². The minimum atomic E-state index is 0.421. The van der Waals surface area contributed by atoms with Crippen LogP contribution in [0.1, 0.15) is 5.01 Å². The first kappa shape index (κ1) is 13.5. The Bertz CT molecular complexity index is 585. The van der Waals surface area contributed by atoms with E-state index in [1.54, 1.807) is 18.2 Å². The summed E-state index contributed by atoms with van der Waals surface area (Å²) in [4.78, 5) is 0. The molecule has 0 saturated carbocycles. The highest BCUT2D eigenvalue weighted by molar-refractivity contribution is 7.80. The molecule has 0 aliphatic rings. The van der Waals surface area contributed by atoms with Crippen molar-refractivity contribution in [3.63, 3.8) is 0 Å². The van der Waals surface area contributed by atoms with Gasteiger partial charge in [-0.25, -0.2) is 0 Å². The van der Waals surface area contributed by atoms with Gasteiger partial charge in [-0.3, -0.25) is 0 Å². The molecule has 2 aromatic rings. The molecular formula is C10H8Cl2N4S2. The predicted octanol–water partition coefficient (Wildman–Crippen LogP) is 3.96. The highest BCUT2D eigenvalue weighted by atomic mass is 35.5. The molecule has 4 nitrogen and oxygen atoms in total. The van der Waals surface area contributed by atoms with Crippen molar-refractivity contribution in [1.82, 2.24) is 10.2 Å². The average Bonchev–Trinajstić information content (AvgIpc) is 2.69. The summed E-state index contributed by atoms with van der Waals surface area (Å²) in [5, 5.41) is 16.6. The van der Waals surface area contributed by atoms with Crippen molar-refractivity contribution in [2.75, 3.05) is 10.6 Å². The van der Waals surface area contributed by atoms with E-state index in [4.69, 9.17) is 35.4 Å². The molecule has 0 amide bonds. The second-order valence-corrected chi connectivity index (χ2v) is 5.74. The van der Waals surface area contributed by atoms with Crippen molar-refractivity contribution in [3.05, 3.63) is 33.3 Å². The van der Waals surface area contributed by atoms with Gasteiger partial charge in [0.05, 0.1) is 10.0 Å². The molecule has 2 N–H and O–H groups in total. The Labute approximate surface area is 123 Å². The first-order valence-electron chi connectivity index (χ1n) is 4.88. The highest BCUT2D eigenvalue weighted by Crippen LogP contribution is 2.25. The quantitative estimate of drug-likeness (QED) is 0.821. The van der Waals surface area contributed by atoms with E-state index in [9.17, 15) is 0 Å². The predicted molar refractivity (Wildman–Crippen MR) is 81.0 cm³/mol. The molecule has 18 heavy (non-hydrogen) atoms. The Morgan fingerprint density at radius 3 is 2.61 bits per heavy atom. The van der Waals surface area contributed by atoms with E-state index in [1.807, 2.05) is 6.92 Å². The lowest BCUT2D eigenvalue weighted by Gasteiger charge is -2.08. The Morgan fingerprint density at radius 2 is 2.00 bits per heavy atom. The third-order valence-electron chi connectivity index (χ3n) is 1.92. The Kier molecular flexibility index (Phi) is 4.34. The summed E-state index contributed by atoms with van der Waals surface area (Å²) in [5.74, 6) is 0. The van der Waals surface area contributed by atoms with Crippen molar-refractivity contribution in [2.45, 2.75) is 6.92 Å². The van der Waals surface area contributed by atoms with Gasteiger partial charge in [-0.15, -0.1) is 10.2 Å². The van der Waals surface area contributed by atoms with Gasteiger partial charge in [0.25, 0.3) is 0 Å². The summed E-state index contributed by atoms with van der Waals surface area (Å²) in [6, 6.07) is 5.18. The van der Waals surface area contributed by atoms with E-state index < -0.39 is 0 Å². The second kappa shape index (κ2) is 5.79. The van der Waals surface area contributed by atoms with E-state index in [-0.39, 0.29) is 0 Å². The zero-order valence-corrected chi connectivity index (χ0v) is 12.3.